The van der Waals surface area contributed by atoms with Gasteiger partial charge in [0.2, 0.25) is 0 Å². The van der Waals surface area contributed by atoms with Crippen LogP contribution in [0.4, 0.5) is 0 Å². The first-order valence-electron chi connectivity index (χ1n) is 6.76. The van der Waals surface area contributed by atoms with Crippen LogP contribution in [-0.2, 0) is 6.61 Å². The van der Waals surface area contributed by atoms with Gasteiger partial charge in [0.25, 0.3) is 0 Å². The molecule has 0 aliphatic heterocycles. The van der Waals surface area contributed by atoms with Crippen molar-refractivity contribution in [2.45, 2.75) is 6.61 Å². The van der Waals surface area contributed by atoms with E-state index >= 15 is 0 Å². The van der Waals surface area contributed by atoms with Gasteiger partial charge in [0.05, 0.1) is 5.69 Å². The van der Waals surface area contributed by atoms with E-state index in [1.54, 1.807) is 11.0 Å². The number of aromatic hydroxyl groups is 1. The molecule has 0 aliphatic rings. The molecule has 1 aromatic heterocycles. The van der Waals surface area contributed by atoms with E-state index in [0.717, 1.165) is 11.3 Å². The molecule has 0 saturated heterocycles. The van der Waals surface area contributed by atoms with Crippen LogP contribution in [0.3, 0.4) is 0 Å². The van der Waals surface area contributed by atoms with Crippen molar-refractivity contribution in [1.29, 1.82) is 0 Å². The van der Waals surface area contributed by atoms with Crippen molar-refractivity contribution >= 4 is 5.97 Å². The van der Waals surface area contributed by atoms with Gasteiger partial charge in [-0.3, -0.25) is 0 Å². The summed E-state index contributed by atoms with van der Waals surface area (Å²) in [6.45, 7) is 0.295. The van der Waals surface area contributed by atoms with Crippen molar-refractivity contribution in [2.24, 2.45) is 0 Å². The number of hydrogen-bond acceptors (Lipinski definition) is 5. The van der Waals surface area contributed by atoms with Crippen molar-refractivity contribution in [3.63, 3.8) is 0 Å². The Labute approximate surface area is 131 Å². The fourth-order valence-corrected chi connectivity index (χ4v) is 2.04. The van der Waals surface area contributed by atoms with E-state index in [1.807, 2.05) is 24.3 Å². The molecule has 0 unspecified atom stereocenters. The molecule has 3 aromatic rings. The summed E-state index contributed by atoms with van der Waals surface area (Å²) in [7, 11) is 0. The summed E-state index contributed by atoms with van der Waals surface area (Å²) in [5, 5.41) is 22.5. The molecule has 0 bridgehead atoms. The molecule has 2 N–H and O–H groups in total. The first kappa shape index (κ1) is 14.6. The molecular weight excluding hydrogens is 298 g/mol. The molecule has 2 aromatic carbocycles. The Hall–Kier alpha value is -3.35. The highest BCUT2D eigenvalue weighted by Crippen LogP contribution is 2.24. The molecule has 0 saturated carbocycles. The topological polar surface area (TPSA) is 97.5 Å². The predicted molar refractivity (Wildman–Crippen MR) is 80.8 cm³/mol. The minimum Gasteiger partial charge on any atom is -0.507 e. The van der Waals surface area contributed by atoms with Crippen LogP contribution in [0, 0.1) is 0 Å². The number of carboxylic acids is 1. The Bertz CT molecular complexity index is 814. The number of rotatable bonds is 5. The van der Waals surface area contributed by atoms with Crippen LogP contribution in [0.2, 0.25) is 0 Å². The van der Waals surface area contributed by atoms with Crippen LogP contribution in [-0.4, -0.2) is 30.9 Å². The zero-order valence-electron chi connectivity index (χ0n) is 12.0. The summed E-state index contributed by atoms with van der Waals surface area (Å²) >= 11 is 0. The van der Waals surface area contributed by atoms with E-state index in [0.29, 0.717) is 12.4 Å². The molecule has 116 valence electrons. The molecule has 23 heavy (non-hydrogen) atoms. The lowest BCUT2D eigenvalue weighted by molar-refractivity contribution is 0.0693. The van der Waals surface area contributed by atoms with Gasteiger partial charge in [-0.15, -0.1) is 0 Å². The maximum absolute atomic E-state index is 10.8. The highest BCUT2D eigenvalue weighted by Gasteiger charge is 2.10. The number of nitrogens with zero attached hydrogens (tertiary/aromatic N) is 3. The molecule has 0 amide bonds. The van der Waals surface area contributed by atoms with Gasteiger partial charge in [-0.05, 0) is 29.8 Å². The van der Waals surface area contributed by atoms with E-state index < -0.39 is 5.97 Å². The molecule has 1 heterocycles. The highest BCUT2D eigenvalue weighted by molar-refractivity contribution is 5.90. The molecule has 3 rings (SSSR count). The van der Waals surface area contributed by atoms with Gasteiger partial charge in [0.15, 0.2) is 0 Å². The summed E-state index contributed by atoms with van der Waals surface area (Å²) in [4.78, 5) is 14.7. The summed E-state index contributed by atoms with van der Waals surface area (Å²) in [6.07, 6.45) is 3.07. The van der Waals surface area contributed by atoms with Gasteiger partial charge in [-0.2, -0.15) is 5.10 Å². The highest BCUT2D eigenvalue weighted by atomic mass is 16.5. The number of carboxylic acid groups (broad SMARTS) is 1. The summed E-state index contributed by atoms with van der Waals surface area (Å²) < 4.78 is 7.20. The van der Waals surface area contributed by atoms with Crippen LogP contribution in [0.1, 0.15) is 15.9 Å². The smallest absolute Gasteiger partial charge is 0.339 e. The second-order valence-electron chi connectivity index (χ2n) is 4.78. The molecule has 7 heteroatoms. The molecule has 0 radical (unpaired) electrons. The SMILES string of the molecule is O=C(O)c1ccc(OCc2ccc(-n3cncn3)cc2)cc1O. The third-order valence-corrected chi connectivity index (χ3v) is 3.22. The predicted octanol–water partition coefficient (Wildman–Crippen LogP) is 2.25. The van der Waals surface area contributed by atoms with E-state index in [4.69, 9.17) is 9.84 Å². The molecule has 0 fully saturated rings. The number of ether oxygens (including phenoxy) is 1. The first-order valence-corrected chi connectivity index (χ1v) is 6.76. The fourth-order valence-electron chi connectivity index (χ4n) is 2.04. The molecular formula is C16H13N3O4. The Morgan fingerprint density at radius 1 is 1.17 bits per heavy atom. The Morgan fingerprint density at radius 3 is 2.57 bits per heavy atom. The van der Waals surface area contributed by atoms with Gasteiger partial charge in [-0.1, -0.05) is 12.1 Å². The second kappa shape index (κ2) is 6.18. The van der Waals surface area contributed by atoms with Gasteiger partial charge < -0.3 is 14.9 Å². The third kappa shape index (κ3) is 3.29. The molecule has 0 spiro atoms. The molecule has 0 aliphatic carbocycles. The third-order valence-electron chi connectivity index (χ3n) is 3.22. The Morgan fingerprint density at radius 2 is 1.96 bits per heavy atom. The quantitative estimate of drug-likeness (QED) is 0.750. The van der Waals surface area contributed by atoms with Crippen LogP contribution >= 0.6 is 0 Å². The fraction of sp³-hybridized carbons (Fsp3) is 0.0625. The maximum Gasteiger partial charge on any atom is 0.339 e. The average Bonchev–Trinajstić information content (AvgIpc) is 3.07. The van der Waals surface area contributed by atoms with Crippen LogP contribution in [0.25, 0.3) is 5.69 Å². The zero-order valence-corrected chi connectivity index (χ0v) is 12.0. The van der Waals surface area contributed by atoms with Crippen molar-refractivity contribution in [2.75, 3.05) is 0 Å². The van der Waals surface area contributed by atoms with Crippen molar-refractivity contribution in [3.8, 4) is 17.2 Å². The lowest BCUT2D eigenvalue weighted by Gasteiger charge is -2.08. The normalized spacial score (nSPS) is 10.4. The minimum absolute atomic E-state index is 0.158. The second-order valence-corrected chi connectivity index (χ2v) is 4.78. The lowest BCUT2D eigenvalue weighted by atomic mass is 10.2. The zero-order chi connectivity index (χ0) is 16.2. The number of hydrogen-bond donors (Lipinski definition) is 2. The number of carbonyl (C=O) groups is 1. The van der Waals surface area contributed by atoms with Crippen LogP contribution in [0.5, 0.6) is 11.5 Å². The van der Waals surface area contributed by atoms with Gasteiger partial charge in [-0.25, -0.2) is 14.5 Å². The summed E-state index contributed by atoms with van der Waals surface area (Å²) in [5.41, 5.74) is 1.65. The van der Waals surface area contributed by atoms with Crippen LogP contribution in [0.15, 0.2) is 55.1 Å². The van der Waals surface area contributed by atoms with E-state index in [1.165, 1.54) is 24.5 Å². The molecule has 0 atom stereocenters. The van der Waals surface area contributed by atoms with Crippen molar-refractivity contribution < 1.29 is 19.7 Å². The average molecular weight is 311 g/mol. The van der Waals surface area contributed by atoms with E-state index in [-0.39, 0.29) is 11.3 Å². The Kier molecular flexibility index (Phi) is 3.92. The summed E-state index contributed by atoms with van der Waals surface area (Å²) in [5.74, 6) is -1.11. The van der Waals surface area contributed by atoms with Gasteiger partial charge >= 0.3 is 5.97 Å². The van der Waals surface area contributed by atoms with Crippen LogP contribution < -0.4 is 4.74 Å². The largest absolute Gasteiger partial charge is 0.507 e. The van der Waals surface area contributed by atoms with Gasteiger partial charge in [0, 0.05) is 6.07 Å². The molecule has 7 nitrogen and oxygen atoms in total. The number of aromatic nitrogens is 3. The number of aromatic carboxylic acids is 1. The standard InChI is InChI=1S/C16H13N3O4/c20-15-7-13(5-6-14(15)16(21)22)23-8-11-1-3-12(4-2-11)19-10-17-9-18-19/h1-7,9-10,20H,8H2,(H,21,22). The monoisotopic (exact) mass is 311 g/mol. The van der Waals surface area contributed by atoms with Gasteiger partial charge in [0.1, 0.15) is 36.3 Å². The van der Waals surface area contributed by atoms with Crippen molar-refractivity contribution in [1.82, 2.24) is 14.8 Å². The number of benzene rings is 2. The lowest BCUT2D eigenvalue weighted by Crippen LogP contribution is -1.99. The minimum atomic E-state index is -1.18. The van der Waals surface area contributed by atoms with E-state index in [2.05, 4.69) is 10.1 Å². The first-order chi connectivity index (χ1) is 11.1. The van der Waals surface area contributed by atoms with E-state index in [9.17, 15) is 9.90 Å². The van der Waals surface area contributed by atoms with Crippen molar-refractivity contribution in [3.05, 3.63) is 66.2 Å². The Balaban J connectivity index is 1.66. The summed E-state index contributed by atoms with van der Waals surface area (Å²) in [6, 6.07) is 11.7. The maximum atomic E-state index is 10.8. The number of phenols is 1.